The fraction of sp³-hybridized carbons (Fsp3) is 0.692. The molecule has 0 heterocycles. The highest BCUT2D eigenvalue weighted by atomic mass is 16.2. The van der Waals surface area contributed by atoms with E-state index in [4.69, 9.17) is 0 Å². The maximum Gasteiger partial charge on any atom is 0.146 e. The van der Waals surface area contributed by atoms with Crippen molar-refractivity contribution in [2.24, 2.45) is 23.7 Å². The molecule has 2 aliphatic carbocycles. The monoisotopic (exact) mass is 236 g/mol. The standard InChI is InChI=1S/C13H16O4/c1-6-3-10(14)8(12(6)16)5-9-11(15)4-7(2)13(9)17/h6-9H,3-5H2,1-2H3. The van der Waals surface area contributed by atoms with E-state index in [1.807, 2.05) is 0 Å². The molecule has 4 heteroatoms. The highest BCUT2D eigenvalue weighted by Gasteiger charge is 2.45. The average Bonchev–Trinajstić information content (AvgIpc) is 2.62. The van der Waals surface area contributed by atoms with Crippen molar-refractivity contribution in [3.05, 3.63) is 0 Å². The second kappa shape index (κ2) is 4.17. The maximum absolute atomic E-state index is 11.8. The molecule has 2 fully saturated rings. The molecule has 0 spiro atoms. The average molecular weight is 236 g/mol. The smallest absolute Gasteiger partial charge is 0.146 e. The Morgan fingerprint density at radius 2 is 1.18 bits per heavy atom. The van der Waals surface area contributed by atoms with Crippen molar-refractivity contribution >= 4 is 23.1 Å². The van der Waals surface area contributed by atoms with Gasteiger partial charge in [0.05, 0.1) is 11.8 Å². The van der Waals surface area contributed by atoms with Crippen molar-refractivity contribution in [2.45, 2.75) is 33.1 Å². The molecule has 4 nitrogen and oxygen atoms in total. The second-order valence-corrected chi connectivity index (χ2v) is 5.29. The van der Waals surface area contributed by atoms with Gasteiger partial charge in [0.2, 0.25) is 0 Å². The summed E-state index contributed by atoms with van der Waals surface area (Å²) in [6.45, 7) is 3.45. The van der Waals surface area contributed by atoms with Crippen LogP contribution in [0.3, 0.4) is 0 Å². The number of rotatable bonds is 2. The van der Waals surface area contributed by atoms with Gasteiger partial charge in [-0.2, -0.15) is 0 Å². The quantitative estimate of drug-likeness (QED) is 0.670. The summed E-state index contributed by atoms with van der Waals surface area (Å²) < 4.78 is 0. The van der Waals surface area contributed by atoms with Gasteiger partial charge in [-0.1, -0.05) is 13.8 Å². The van der Waals surface area contributed by atoms with Crippen LogP contribution in [0.25, 0.3) is 0 Å². The fourth-order valence-corrected chi connectivity index (χ4v) is 2.82. The molecule has 0 aromatic heterocycles. The van der Waals surface area contributed by atoms with E-state index in [1.54, 1.807) is 13.8 Å². The molecule has 4 atom stereocenters. The van der Waals surface area contributed by atoms with Crippen LogP contribution in [0.4, 0.5) is 0 Å². The fourth-order valence-electron chi connectivity index (χ4n) is 2.82. The van der Waals surface area contributed by atoms with Gasteiger partial charge in [-0.05, 0) is 6.42 Å². The molecule has 17 heavy (non-hydrogen) atoms. The van der Waals surface area contributed by atoms with Crippen LogP contribution in [0.1, 0.15) is 33.1 Å². The van der Waals surface area contributed by atoms with Gasteiger partial charge in [0.25, 0.3) is 0 Å². The number of Topliss-reactive ketones (excluding diaryl/α,β-unsaturated/α-hetero) is 4. The van der Waals surface area contributed by atoms with E-state index in [0.29, 0.717) is 0 Å². The topological polar surface area (TPSA) is 68.3 Å². The van der Waals surface area contributed by atoms with Crippen LogP contribution in [-0.4, -0.2) is 23.1 Å². The van der Waals surface area contributed by atoms with Crippen LogP contribution in [0.15, 0.2) is 0 Å². The summed E-state index contributed by atoms with van der Waals surface area (Å²) in [5, 5.41) is 0. The summed E-state index contributed by atoms with van der Waals surface area (Å²) in [4.78, 5) is 46.8. The van der Waals surface area contributed by atoms with Crippen molar-refractivity contribution in [1.29, 1.82) is 0 Å². The molecule has 0 amide bonds. The first-order chi connectivity index (χ1) is 7.91. The lowest BCUT2D eigenvalue weighted by atomic mass is 9.88. The third-order valence-electron chi connectivity index (χ3n) is 3.92. The number of carbonyl (C=O) groups excluding carboxylic acids is 4. The van der Waals surface area contributed by atoms with Crippen LogP contribution >= 0.6 is 0 Å². The normalized spacial score (nSPS) is 38.2. The van der Waals surface area contributed by atoms with Crippen LogP contribution in [0.5, 0.6) is 0 Å². The van der Waals surface area contributed by atoms with Gasteiger partial charge in [0.15, 0.2) is 0 Å². The van der Waals surface area contributed by atoms with Crippen molar-refractivity contribution in [3.63, 3.8) is 0 Å². The Bertz CT molecular complexity index is 372. The molecule has 0 aromatic carbocycles. The highest BCUT2D eigenvalue weighted by Crippen LogP contribution is 2.34. The van der Waals surface area contributed by atoms with E-state index >= 15 is 0 Å². The Balaban J connectivity index is 2.12. The Morgan fingerprint density at radius 3 is 1.41 bits per heavy atom. The molecule has 0 radical (unpaired) electrons. The van der Waals surface area contributed by atoms with Crippen molar-refractivity contribution in [2.75, 3.05) is 0 Å². The molecule has 2 aliphatic rings. The van der Waals surface area contributed by atoms with E-state index in [2.05, 4.69) is 0 Å². The minimum Gasteiger partial charge on any atom is -0.299 e. The lowest BCUT2D eigenvalue weighted by Crippen LogP contribution is -2.26. The molecular formula is C13H16O4. The van der Waals surface area contributed by atoms with E-state index in [-0.39, 0.29) is 54.2 Å². The van der Waals surface area contributed by atoms with Gasteiger partial charge in [-0.25, -0.2) is 0 Å². The summed E-state index contributed by atoms with van der Waals surface area (Å²) in [6.07, 6.45) is 0.631. The summed E-state index contributed by atoms with van der Waals surface area (Å²) in [5.74, 6) is -2.36. The third-order valence-corrected chi connectivity index (χ3v) is 3.92. The third kappa shape index (κ3) is 1.96. The van der Waals surface area contributed by atoms with Crippen molar-refractivity contribution in [1.82, 2.24) is 0 Å². The molecule has 92 valence electrons. The summed E-state index contributed by atoms with van der Waals surface area (Å²) in [5.41, 5.74) is 0. The van der Waals surface area contributed by atoms with Crippen LogP contribution in [-0.2, 0) is 19.2 Å². The molecule has 0 N–H and O–H groups in total. The molecular weight excluding hydrogens is 220 g/mol. The van der Waals surface area contributed by atoms with Gasteiger partial charge in [-0.15, -0.1) is 0 Å². The zero-order valence-electron chi connectivity index (χ0n) is 10.1. The molecule has 0 saturated heterocycles. The first-order valence-corrected chi connectivity index (χ1v) is 6.04. The number of carbonyl (C=O) groups is 4. The summed E-state index contributed by atoms with van der Waals surface area (Å²) >= 11 is 0. The van der Waals surface area contributed by atoms with Crippen molar-refractivity contribution in [3.8, 4) is 0 Å². The molecule has 4 unspecified atom stereocenters. The molecule has 2 rings (SSSR count). The van der Waals surface area contributed by atoms with Crippen LogP contribution in [0.2, 0.25) is 0 Å². The van der Waals surface area contributed by atoms with E-state index in [9.17, 15) is 19.2 Å². The van der Waals surface area contributed by atoms with Gasteiger partial charge in [0.1, 0.15) is 23.1 Å². The van der Waals surface area contributed by atoms with Gasteiger partial charge >= 0.3 is 0 Å². The van der Waals surface area contributed by atoms with Gasteiger partial charge in [-0.3, -0.25) is 19.2 Å². The second-order valence-electron chi connectivity index (χ2n) is 5.29. The molecule has 2 saturated carbocycles. The lowest BCUT2D eigenvalue weighted by molar-refractivity contribution is -0.131. The Kier molecular flexibility index (Phi) is 2.98. The molecule has 0 bridgehead atoms. The summed E-state index contributed by atoms with van der Waals surface area (Å²) in [7, 11) is 0. The maximum atomic E-state index is 11.8. The zero-order chi connectivity index (χ0) is 12.7. The van der Waals surface area contributed by atoms with Gasteiger partial charge in [0, 0.05) is 24.7 Å². The number of hydrogen-bond donors (Lipinski definition) is 0. The minimum absolute atomic E-state index is 0.102. The molecule has 0 aromatic rings. The summed E-state index contributed by atoms with van der Waals surface area (Å²) in [6, 6.07) is 0. The number of ketones is 4. The van der Waals surface area contributed by atoms with E-state index in [1.165, 1.54) is 0 Å². The largest absolute Gasteiger partial charge is 0.299 e. The number of hydrogen-bond acceptors (Lipinski definition) is 4. The molecule has 0 aliphatic heterocycles. The first kappa shape index (κ1) is 12.1. The first-order valence-electron chi connectivity index (χ1n) is 6.04. The highest BCUT2D eigenvalue weighted by molar-refractivity contribution is 6.13. The minimum atomic E-state index is -0.715. The van der Waals surface area contributed by atoms with E-state index < -0.39 is 11.8 Å². The van der Waals surface area contributed by atoms with E-state index in [0.717, 1.165) is 0 Å². The Hall–Kier alpha value is -1.32. The SMILES string of the molecule is CC1CC(=O)C(CC2C(=O)CC(C)C2=O)C1=O. The van der Waals surface area contributed by atoms with Crippen LogP contribution < -0.4 is 0 Å². The Morgan fingerprint density at radius 1 is 0.824 bits per heavy atom. The van der Waals surface area contributed by atoms with Gasteiger partial charge < -0.3 is 0 Å². The Labute approximate surface area is 99.8 Å². The van der Waals surface area contributed by atoms with Crippen molar-refractivity contribution < 1.29 is 19.2 Å². The van der Waals surface area contributed by atoms with Crippen LogP contribution in [0, 0.1) is 23.7 Å². The zero-order valence-corrected chi connectivity index (χ0v) is 10.1. The predicted octanol–water partition coefficient (Wildman–Crippen LogP) is 0.965. The lowest BCUT2D eigenvalue weighted by Gasteiger charge is -2.11. The predicted molar refractivity (Wildman–Crippen MR) is 59.2 cm³/mol.